The molecular formula is C7H4Br2ClF. The Labute approximate surface area is 86.0 Å². The van der Waals surface area contributed by atoms with Gasteiger partial charge in [-0.3, -0.25) is 0 Å². The predicted molar refractivity (Wildman–Crippen MR) is 51.7 cm³/mol. The SMILES string of the molecule is Fc1cc(Cl)c(CBr)cc1Br. The van der Waals surface area contributed by atoms with Crippen molar-refractivity contribution in [2.45, 2.75) is 5.33 Å². The monoisotopic (exact) mass is 300 g/mol. The van der Waals surface area contributed by atoms with E-state index < -0.39 is 0 Å². The highest BCUT2D eigenvalue weighted by Crippen LogP contribution is 2.25. The molecule has 0 N–H and O–H groups in total. The zero-order valence-electron chi connectivity index (χ0n) is 5.37. The number of rotatable bonds is 1. The van der Waals surface area contributed by atoms with Crippen LogP contribution in [0.4, 0.5) is 4.39 Å². The minimum Gasteiger partial charge on any atom is -0.206 e. The molecule has 0 aliphatic rings. The quantitative estimate of drug-likeness (QED) is 0.540. The smallest absolute Gasteiger partial charge is 0.138 e. The number of hydrogen-bond acceptors (Lipinski definition) is 0. The van der Waals surface area contributed by atoms with Crippen LogP contribution in [0.3, 0.4) is 0 Å². The lowest BCUT2D eigenvalue weighted by Crippen LogP contribution is -1.83. The first-order valence-electron chi connectivity index (χ1n) is 2.84. The van der Waals surface area contributed by atoms with Crippen molar-refractivity contribution in [3.63, 3.8) is 0 Å². The molecule has 0 aliphatic heterocycles. The summed E-state index contributed by atoms with van der Waals surface area (Å²) < 4.78 is 13.2. The van der Waals surface area contributed by atoms with E-state index in [2.05, 4.69) is 31.9 Å². The van der Waals surface area contributed by atoms with E-state index in [4.69, 9.17) is 11.6 Å². The summed E-state index contributed by atoms with van der Waals surface area (Å²) in [5.41, 5.74) is 0.875. The third kappa shape index (κ3) is 2.17. The molecule has 0 bridgehead atoms. The molecule has 0 unspecified atom stereocenters. The Kier molecular flexibility index (Phi) is 3.34. The molecule has 60 valence electrons. The van der Waals surface area contributed by atoms with Gasteiger partial charge in [0.1, 0.15) is 5.82 Å². The van der Waals surface area contributed by atoms with Gasteiger partial charge in [-0.05, 0) is 33.6 Å². The molecule has 0 amide bonds. The Bertz CT molecular complexity index is 275. The van der Waals surface area contributed by atoms with Crippen molar-refractivity contribution in [2.75, 3.05) is 0 Å². The van der Waals surface area contributed by atoms with Crippen LogP contribution < -0.4 is 0 Å². The first-order chi connectivity index (χ1) is 5.15. The van der Waals surface area contributed by atoms with Crippen molar-refractivity contribution in [3.05, 3.63) is 33.0 Å². The lowest BCUT2D eigenvalue weighted by molar-refractivity contribution is 0.620. The zero-order chi connectivity index (χ0) is 8.43. The molecule has 0 aliphatic carbocycles. The highest BCUT2D eigenvalue weighted by Gasteiger charge is 2.04. The van der Waals surface area contributed by atoms with Crippen LogP contribution in [0.15, 0.2) is 16.6 Å². The Morgan fingerprint density at radius 1 is 1.45 bits per heavy atom. The molecule has 1 aromatic carbocycles. The molecule has 1 aromatic rings. The number of alkyl halides is 1. The van der Waals surface area contributed by atoms with Crippen molar-refractivity contribution in [3.8, 4) is 0 Å². The molecule has 4 heteroatoms. The Balaban J connectivity index is 3.21. The van der Waals surface area contributed by atoms with Crippen LogP contribution in [-0.4, -0.2) is 0 Å². The normalized spacial score (nSPS) is 10.2. The molecule has 0 heterocycles. The lowest BCUT2D eigenvalue weighted by Gasteiger charge is -2.00. The molecule has 0 aromatic heterocycles. The Hall–Kier alpha value is 0.400. The van der Waals surface area contributed by atoms with Crippen LogP contribution in [0, 0.1) is 5.82 Å². The van der Waals surface area contributed by atoms with Crippen LogP contribution in [0.2, 0.25) is 5.02 Å². The minimum atomic E-state index is -0.334. The molecule has 11 heavy (non-hydrogen) atoms. The maximum Gasteiger partial charge on any atom is 0.138 e. The standard InChI is InChI=1S/C7H4Br2ClF/c8-3-4-1-5(9)7(11)2-6(4)10/h1-2H,3H2. The van der Waals surface area contributed by atoms with Crippen LogP contribution >= 0.6 is 43.5 Å². The number of benzene rings is 1. The van der Waals surface area contributed by atoms with E-state index in [9.17, 15) is 4.39 Å². The average Bonchev–Trinajstić information content (AvgIpc) is 1.97. The van der Waals surface area contributed by atoms with Gasteiger partial charge in [-0.25, -0.2) is 4.39 Å². The Morgan fingerprint density at radius 3 is 2.64 bits per heavy atom. The molecule has 0 saturated heterocycles. The molecular weight excluding hydrogens is 298 g/mol. The van der Waals surface area contributed by atoms with Crippen LogP contribution in [-0.2, 0) is 5.33 Å². The lowest BCUT2D eigenvalue weighted by atomic mass is 10.2. The van der Waals surface area contributed by atoms with Gasteiger partial charge in [-0.15, -0.1) is 0 Å². The van der Waals surface area contributed by atoms with Crippen molar-refractivity contribution in [1.29, 1.82) is 0 Å². The van der Waals surface area contributed by atoms with Gasteiger partial charge in [0, 0.05) is 10.4 Å². The van der Waals surface area contributed by atoms with Crippen molar-refractivity contribution < 1.29 is 4.39 Å². The summed E-state index contributed by atoms with van der Waals surface area (Å²) in [6, 6.07) is 2.95. The summed E-state index contributed by atoms with van der Waals surface area (Å²) in [5, 5.41) is 1.08. The topological polar surface area (TPSA) is 0 Å². The summed E-state index contributed by atoms with van der Waals surface area (Å²) in [6.45, 7) is 0. The van der Waals surface area contributed by atoms with Gasteiger partial charge in [-0.1, -0.05) is 27.5 Å². The minimum absolute atomic E-state index is 0.334. The van der Waals surface area contributed by atoms with E-state index >= 15 is 0 Å². The maximum absolute atomic E-state index is 12.7. The Morgan fingerprint density at radius 2 is 2.09 bits per heavy atom. The highest BCUT2D eigenvalue weighted by atomic mass is 79.9. The summed E-state index contributed by atoms with van der Waals surface area (Å²) in [6.07, 6.45) is 0. The third-order valence-corrected chi connectivity index (χ3v) is 2.80. The van der Waals surface area contributed by atoms with Gasteiger partial charge in [0.05, 0.1) is 4.47 Å². The van der Waals surface area contributed by atoms with Crippen LogP contribution in [0.5, 0.6) is 0 Å². The molecule has 1 rings (SSSR count). The second-order valence-electron chi connectivity index (χ2n) is 1.99. The summed E-state index contributed by atoms with van der Waals surface area (Å²) in [5.74, 6) is -0.334. The van der Waals surface area contributed by atoms with Gasteiger partial charge in [0.25, 0.3) is 0 Å². The number of hydrogen-bond donors (Lipinski definition) is 0. The summed E-state index contributed by atoms with van der Waals surface area (Å²) >= 11 is 12.0. The largest absolute Gasteiger partial charge is 0.206 e. The predicted octanol–water partition coefficient (Wildman–Crippen LogP) is 4.14. The molecule has 0 spiro atoms. The van der Waals surface area contributed by atoms with Crippen molar-refractivity contribution in [2.24, 2.45) is 0 Å². The molecule has 0 saturated carbocycles. The zero-order valence-corrected chi connectivity index (χ0v) is 9.30. The first-order valence-corrected chi connectivity index (χ1v) is 5.13. The van der Waals surface area contributed by atoms with E-state index in [1.54, 1.807) is 6.07 Å². The molecule has 0 nitrogen and oxygen atoms in total. The van der Waals surface area contributed by atoms with Gasteiger partial charge in [-0.2, -0.15) is 0 Å². The highest BCUT2D eigenvalue weighted by molar-refractivity contribution is 9.10. The van der Waals surface area contributed by atoms with Gasteiger partial charge in [0.15, 0.2) is 0 Å². The fourth-order valence-electron chi connectivity index (χ4n) is 0.666. The van der Waals surface area contributed by atoms with E-state index in [-0.39, 0.29) is 5.82 Å². The van der Waals surface area contributed by atoms with E-state index in [1.807, 2.05) is 0 Å². The summed E-state index contributed by atoms with van der Waals surface area (Å²) in [4.78, 5) is 0. The van der Waals surface area contributed by atoms with E-state index in [0.717, 1.165) is 5.56 Å². The third-order valence-electron chi connectivity index (χ3n) is 1.23. The van der Waals surface area contributed by atoms with Crippen LogP contribution in [0.1, 0.15) is 5.56 Å². The van der Waals surface area contributed by atoms with Gasteiger partial charge >= 0.3 is 0 Å². The second kappa shape index (κ2) is 3.87. The van der Waals surface area contributed by atoms with Gasteiger partial charge in [0.2, 0.25) is 0 Å². The molecule has 0 fully saturated rings. The second-order valence-corrected chi connectivity index (χ2v) is 3.81. The van der Waals surface area contributed by atoms with Gasteiger partial charge < -0.3 is 0 Å². The fraction of sp³-hybridized carbons (Fsp3) is 0.143. The van der Waals surface area contributed by atoms with Crippen molar-refractivity contribution >= 4 is 43.5 Å². The molecule has 0 radical (unpaired) electrons. The fourth-order valence-corrected chi connectivity index (χ4v) is 1.90. The number of halogens is 4. The van der Waals surface area contributed by atoms with E-state index in [1.165, 1.54) is 6.07 Å². The van der Waals surface area contributed by atoms with Crippen LogP contribution in [0.25, 0.3) is 0 Å². The average molecular weight is 302 g/mol. The van der Waals surface area contributed by atoms with E-state index in [0.29, 0.717) is 14.8 Å². The first kappa shape index (κ1) is 9.49. The maximum atomic E-state index is 12.7. The van der Waals surface area contributed by atoms with Crippen molar-refractivity contribution in [1.82, 2.24) is 0 Å². The summed E-state index contributed by atoms with van der Waals surface area (Å²) in [7, 11) is 0. The molecule has 0 atom stereocenters.